The number of anilines is 3. The summed E-state index contributed by atoms with van der Waals surface area (Å²) in [5.74, 6) is 0.802. The second-order valence-corrected chi connectivity index (χ2v) is 8.63. The lowest BCUT2D eigenvalue weighted by Gasteiger charge is -2.20. The molecule has 0 saturated carbocycles. The Hall–Kier alpha value is -2.58. The second-order valence-electron chi connectivity index (χ2n) is 5.87. The number of nitrogens with one attached hydrogen (secondary N) is 1. The minimum atomic E-state index is -3.28. The van der Waals surface area contributed by atoms with Crippen molar-refractivity contribution >= 4 is 37.9 Å². The molecular weight excluding hydrogens is 382 g/mol. The zero-order valence-electron chi connectivity index (χ0n) is 15.3. The lowest BCUT2D eigenvalue weighted by atomic mass is 10.1. The Morgan fingerprint density at radius 1 is 1.11 bits per heavy atom. The highest BCUT2D eigenvalue weighted by molar-refractivity contribution is 7.92. The van der Waals surface area contributed by atoms with E-state index in [1.165, 1.54) is 21.9 Å². The summed E-state index contributed by atoms with van der Waals surface area (Å²) in [5.41, 5.74) is 3.35. The molecule has 0 aliphatic rings. The van der Waals surface area contributed by atoms with Crippen LogP contribution in [0.4, 0.5) is 16.5 Å². The number of nitrogens with zero attached hydrogens (tertiary/aromatic N) is 2. The fraction of sp³-hybridized carbons (Fsp3) is 0.211. The van der Waals surface area contributed by atoms with Crippen molar-refractivity contribution in [3.63, 3.8) is 0 Å². The van der Waals surface area contributed by atoms with Crippen LogP contribution in [0, 0.1) is 0 Å². The Kier molecular flexibility index (Phi) is 5.67. The molecule has 1 heterocycles. The summed E-state index contributed by atoms with van der Waals surface area (Å²) in [7, 11) is -1.64. The smallest absolute Gasteiger partial charge is 0.232 e. The first-order valence-corrected chi connectivity index (χ1v) is 11.1. The number of hydrogen-bond acceptors (Lipinski definition) is 6. The summed E-state index contributed by atoms with van der Waals surface area (Å²) < 4.78 is 30.2. The van der Waals surface area contributed by atoms with E-state index in [1.807, 2.05) is 48.7 Å². The molecule has 6 nitrogen and oxygen atoms in total. The third-order valence-corrected chi connectivity index (χ3v) is 6.01. The lowest BCUT2D eigenvalue weighted by molar-refractivity contribution is 0.415. The summed E-state index contributed by atoms with van der Waals surface area (Å²) in [4.78, 5) is 4.61. The van der Waals surface area contributed by atoms with Crippen molar-refractivity contribution in [1.29, 1.82) is 0 Å². The van der Waals surface area contributed by atoms with Crippen LogP contribution in [-0.2, 0) is 10.0 Å². The number of rotatable bonds is 7. The van der Waals surface area contributed by atoms with Gasteiger partial charge in [-0.2, -0.15) is 0 Å². The van der Waals surface area contributed by atoms with Gasteiger partial charge in [0.1, 0.15) is 5.75 Å². The standard InChI is InChI=1S/C19H21N3O3S2/c1-4-22(27(3,23)24)16-9-5-14(6-10-16)18-13-26-19(21-18)20-15-7-11-17(25-2)12-8-15/h5-13H,4H2,1-3H3,(H,20,21). The van der Waals surface area contributed by atoms with Gasteiger partial charge in [0.2, 0.25) is 10.0 Å². The van der Waals surface area contributed by atoms with Gasteiger partial charge in [0.15, 0.2) is 5.13 Å². The number of sulfonamides is 1. The molecule has 2 aromatic carbocycles. The van der Waals surface area contributed by atoms with Crippen molar-refractivity contribution in [1.82, 2.24) is 4.98 Å². The molecule has 0 atom stereocenters. The third-order valence-electron chi connectivity index (χ3n) is 3.98. The van der Waals surface area contributed by atoms with E-state index in [1.54, 1.807) is 19.2 Å². The predicted molar refractivity (Wildman–Crippen MR) is 112 cm³/mol. The maximum Gasteiger partial charge on any atom is 0.232 e. The molecule has 142 valence electrons. The highest BCUT2D eigenvalue weighted by Crippen LogP contribution is 2.29. The van der Waals surface area contributed by atoms with E-state index < -0.39 is 10.0 Å². The fourth-order valence-electron chi connectivity index (χ4n) is 2.67. The molecular formula is C19H21N3O3S2. The van der Waals surface area contributed by atoms with Crippen LogP contribution in [0.5, 0.6) is 5.75 Å². The van der Waals surface area contributed by atoms with E-state index in [0.29, 0.717) is 12.2 Å². The molecule has 0 aliphatic carbocycles. The number of benzene rings is 2. The quantitative estimate of drug-likeness (QED) is 0.635. The second kappa shape index (κ2) is 7.98. The van der Waals surface area contributed by atoms with Gasteiger partial charge in [-0.25, -0.2) is 13.4 Å². The van der Waals surface area contributed by atoms with Crippen molar-refractivity contribution < 1.29 is 13.2 Å². The summed E-state index contributed by atoms with van der Waals surface area (Å²) in [6.07, 6.45) is 1.21. The molecule has 0 bridgehead atoms. The van der Waals surface area contributed by atoms with Crippen LogP contribution in [0.15, 0.2) is 53.9 Å². The van der Waals surface area contributed by atoms with E-state index in [9.17, 15) is 8.42 Å². The van der Waals surface area contributed by atoms with Gasteiger partial charge < -0.3 is 10.1 Å². The molecule has 8 heteroatoms. The van der Waals surface area contributed by atoms with Crippen LogP contribution in [0.25, 0.3) is 11.3 Å². The van der Waals surface area contributed by atoms with Gasteiger partial charge in [-0.15, -0.1) is 11.3 Å². The van der Waals surface area contributed by atoms with Gasteiger partial charge in [-0.05, 0) is 43.3 Å². The summed E-state index contributed by atoms with van der Waals surface area (Å²) >= 11 is 1.51. The van der Waals surface area contributed by atoms with Crippen LogP contribution in [0.2, 0.25) is 0 Å². The molecule has 0 fully saturated rings. The largest absolute Gasteiger partial charge is 0.497 e. The molecule has 0 radical (unpaired) electrons. The van der Waals surface area contributed by atoms with Crippen molar-refractivity contribution in [3.8, 4) is 17.0 Å². The minimum Gasteiger partial charge on any atom is -0.497 e. The highest BCUT2D eigenvalue weighted by Gasteiger charge is 2.15. The van der Waals surface area contributed by atoms with Crippen LogP contribution in [0.3, 0.4) is 0 Å². The van der Waals surface area contributed by atoms with Crippen molar-refractivity contribution in [2.45, 2.75) is 6.92 Å². The highest BCUT2D eigenvalue weighted by atomic mass is 32.2. The Labute approximate surface area is 163 Å². The molecule has 27 heavy (non-hydrogen) atoms. The van der Waals surface area contributed by atoms with Gasteiger partial charge in [0.25, 0.3) is 0 Å². The van der Waals surface area contributed by atoms with Gasteiger partial charge in [0, 0.05) is 23.2 Å². The Morgan fingerprint density at radius 3 is 2.33 bits per heavy atom. The maximum atomic E-state index is 11.8. The Balaban J connectivity index is 1.75. The lowest BCUT2D eigenvalue weighted by Crippen LogP contribution is -2.29. The number of methoxy groups -OCH3 is 1. The zero-order chi connectivity index (χ0) is 19.4. The fourth-order valence-corrected chi connectivity index (χ4v) is 4.38. The number of ether oxygens (including phenoxy) is 1. The monoisotopic (exact) mass is 403 g/mol. The van der Waals surface area contributed by atoms with Gasteiger partial charge in [-0.3, -0.25) is 4.31 Å². The molecule has 0 amide bonds. The SMILES string of the molecule is CCN(c1ccc(-c2csc(Nc3ccc(OC)cc3)n2)cc1)S(C)(=O)=O. The van der Waals surface area contributed by atoms with Crippen LogP contribution in [0.1, 0.15) is 6.92 Å². The molecule has 0 unspecified atom stereocenters. The topological polar surface area (TPSA) is 71.5 Å². The van der Waals surface area contributed by atoms with Crippen LogP contribution in [-0.4, -0.2) is 33.3 Å². The molecule has 0 saturated heterocycles. The molecule has 3 aromatic rings. The molecule has 0 aliphatic heterocycles. The van der Waals surface area contributed by atoms with Gasteiger partial charge >= 0.3 is 0 Å². The number of aromatic nitrogens is 1. The normalized spacial score (nSPS) is 11.2. The summed E-state index contributed by atoms with van der Waals surface area (Å²) in [5, 5.41) is 6.02. The zero-order valence-corrected chi connectivity index (χ0v) is 17.0. The van der Waals surface area contributed by atoms with Crippen LogP contribution >= 0.6 is 11.3 Å². The summed E-state index contributed by atoms with van der Waals surface area (Å²) in [6, 6.07) is 15.0. The van der Waals surface area contributed by atoms with E-state index in [4.69, 9.17) is 4.74 Å². The van der Waals surface area contributed by atoms with E-state index in [2.05, 4.69) is 10.3 Å². The van der Waals surface area contributed by atoms with Crippen molar-refractivity contribution in [3.05, 3.63) is 53.9 Å². The van der Waals surface area contributed by atoms with E-state index in [-0.39, 0.29) is 0 Å². The molecule has 1 aromatic heterocycles. The van der Waals surface area contributed by atoms with Gasteiger partial charge in [0.05, 0.1) is 24.7 Å². The van der Waals surface area contributed by atoms with Crippen molar-refractivity contribution in [2.75, 3.05) is 29.5 Å². The van der Waals surface area contributed by atoms with E-state index in [0.717, 1.165) is 27.8 Å². The summed E-state index contributed by atoms with van der Waals surface area (Å²) in [6.45, 7) is 2.21. The predicted octanol–water partition coefficient (Wildman–Crippen LogP) is 4.35. The first-order chi connectivity index (χ1) is 12.9. The first-order valence-electron chi connectivity index (χ1n) is 8.35. The van der Waals surface area contributed by atoms with Gasteiger partial charge in [-0.1, -0.05) is 12.1 Å². The molecule has 0 spiro atoms. The van der Waals surface area contributed by atoms with E-state index >= 15 is 0 Å². The number of thiazole rings is 1. The number of hydrogen-bond donors (Lipinski definition) is 1. The average molecular weight is 404 g/mol. The Morgan fingerprint density at radius 2 is 1.78 bits per heavy atom. The molecule has 1 N–H and O–H groups in total. The molecule has 3 rings (SSSR count). The van der Waals surface area contributed by atoms with Crippen molar-refractivity contribution in [2.24, 2.45) is 0 Å². The van der Waals surface area contributed by atoms with Crippen LogP contribution < -0.4 is 14.4 Å². The first kappa shape index (κ1) is 19.2. The minimum absolute atomic E-state index is 0.394. The Bertz CT molecular complexity index is 997. The maximum absolute atomic E-state index is 11.8. The average Bonchev–Trinajstić information content (AvgIpc) is 3.11. The third kappa shape index (κ3) is 4.58.